The number of aromatic nitrogens is 4. The maximum Gasteiger partial charge on any atom is 0.113 e. The highest BCUT2D eigenvalue weighted by Gasteiger charge is 2.30. The van der Waals surface area contributed by atoms with Crippen LogP contribution in [0.5, 0.6) is 0 Å². The van der Waals surface area contributed by atoms with Crippen LogP contribution in [0.4, 0.5) is 0 Å². The Labute approximate surface area is 145 Å². The van der Waals surface area contributed by atoms with Gasteiger partial charge in [-0.1, -0.05) is 24.3 Å². The molecule has 5 heteroatoms. The first-order valence-electron chi connectivity index (χ1n) is 8.87. The number of rotatable bonds is 4. The highest BCUT2D eigenvalue weighted by molar-refractivity contribution is 5.75. The van der Waals surface area contributed by atoms with Crippen LogP contribution in [0.2, 0.25) is 0 Å². The van der Waals surface area contributed by atoms with Gasteiger partial charge in [-0.25, -0.2) is 9.97 Å². The van der Waals surface area contributed by atoms with Gasteiger partial charge in [0.1, 0.15) is 11.6 Å². The number of H-pyrrole nitrogens is 2. The quantitative estimate of drug-likeness (QED) is 0.595. The van der Waals surface area contributed by atoms with E-state index in [1.54, 1.807) is 0 Å². The topological polar surface area (TPSA) is 66.6 Å². The van der Waals surface area contributed by atoms with Crippen molar-refractivity contribution >= 4 is 22.1 Å². The number of benzene rings is 2. The minimum atomic E-state index is 0.176. The molecular formula is C20H20N4O. The first kappa shape index (κ1) is 14.7. The third-order valence-electron chi connectivity index (χ3n) is 5.02. The van der Waals surface area contributed by atoms with Crippen molar-refractivity contribution in [1.82, 2.24) is 19.9 Å². The summed E-state index contributed by atoms with van der Waals surface area (Å²) in [6, 6.07) is 16.3. The first-order chi connectivity index (χ1) is 12.4. The second kappa shape index (κ2) is 6.01. The molecule has 3 heterocycles. The highest BCUT2D eigenvalue weighted by atomic mass is 16.5. The van der Waals surface area contributed by atoms with Gasteiger partial charge in [-0.3, -0.25) is 0 Å². The molecule has 25 heavy (non-hydrogen) atoms. The van der Waals surface area contributed by atoms with Crippen molar-refractivity contribution in [1.29, 1.82) is 0 Å². The summed E-state index contributed by atoms with van der Waals surface area (Å²) in [6.07, 6.45) is 3.16. The number of para-hydroxylation sites is 4. The van der Waals surface area contributed by atoms with Crippen LogP contribution in [-0.2, 0) is 11.2 Å². The van der Waals surface area contributed by atoms with Crippen molar-refractivity contribution in [2.75, 3.05) is 6.61 Å². The molecule has 4 aromatic rings. The monoisotopic (exact) mass is 332 g/mol. The molecule has 1 aliphatic rings. The van der Waals surface area contributed by atoms with Crippen LogP contribution in [0, 0.1) is 0 Å². The molecule has 126 valence electrons. The fraction of sp³-hybridized carbons (Fsp3) is 0.300. The van der Waals surface area contributed by atoms with Gasteiger partial charge in [0.15, 0.2) is 0 Å². The van der Waals surface area contributed by atoms with Crippen molar-refractivity contribution in [2.45, 2.75) is 31.3 Å². The summed E-state index contributed by atoms with van der Waals surface area (Å²) in [4.78, 5) is 16.5. The third kappa shape index (κ3) is 2.70. The van der Waals surface area contributed by atoms with Crippen LogP contribution in [0.1, 0.15) is 30.4 Å². The number of imidazole rings is 2. The SMILES string of the molecule is c1ccc2[nH]c(CC(c3nc4ccccc4[nH]3)C3CCCO3)nc2c1. The lowest BCUT2D eigenvalue weighted by Crippen LogP contribution is -2.21. The van der Waals surface area contributed by atoms with Gasteiger partial charge >= 0.3 is 0 Å². The van der Waals surface area contributed by atoms with Gasteiger partial charge in [-0.2, -0.15) is 0 Å². The molecule has 2 unspecified atom stereocenters. The maximum atomic E-state index is 6.01. The normalized spacial score (nSPS) is 19.0. The summed E-state index contributed by atoms with van der Waals surface area (Å²) in [5.41, 5.74) is 4.16. The Morgan fingerprint density at radius 2 is 1.68 bits per heavy atom. The standard InChI is InChI=1S/C20H20N4O/c1-2-7-15-14(6-1)21-19(22-15)12-13(18-10-5-11-25-18)20-23-16-8-3-4-9-17(16)24-20/h1-4,6-9,13,18H,5,10-12H2,(H,21,22)(H,23,24). The molecule has 5 rings (SSSR count). The van der Waals surface area contributed by atoms with Crippen molar-refractivity contribution in [2.24, 2.45) is 0 Å². The molecule has 0 radical (unpaired) electrons. The van der Waals surface area contributed by atoms with E-state index in [9.17, 15) is 0 Å². The van der Waals surface area contributed by atoms with E-state index in [-0.39, 0.29) is 12.0 Å². The largest absolute Gasteiger partial charge is 0.377 e. The van der Waals surface area contributed by atoms with Gasteiger partial charge in [0.2, 0.25) is 0 Å². The lowest BCUT2D eigenvalue weighted by Gasteiger charge is -2.20. The maximum absolute atomic E-state index is 6.01. The fourth-order valence-electron chi connectivity index (χ4n) is 3.78. The zero-order valence-electron chi connectivity index (χ0n) is 13.9. The summed E-state index contributed by atoms with van der Waals surface area (Å²) in [5.74, 6) is 2.16. The smallest absolute Gasteiger partial charge is 0.113 e. The van der Waals surface area contributed by atoms with Crippen LogP contribution in [0.3, 0.4) is 0 Å². The Hall–Kier alpha value is -2.66. The molecule has 2 N–H and O–H groups in total. The van der Waals surface area contributed by atoms with E-state index >= 15 is 0 Å². The van der Waals surface area contributed by atoms with Crippen LogP contribution in [0.25, 0.3) is 22.1 Å². The molecule has 5 nitrogen and oxygen atoms in total. The second-order valence-electron chi connectivity index (χ2n) is 6.70. The van der Waals surface area contributed by atoms with Crippen molar-refractivity contribution in [3.05, 3.63) is 60.2 Å². The Bertz CT molecular complexity index is 947. The Morgan fingerprint density at radius 3 is 2.36 bits per heavy atom. The summed E-state index contributed by atoms with van der Waals surface area (Å²) in [6.45, 7) is 0.835. The molecular weight excluding hydrogens is 312 g/mol. The van der Waals surface area contributed by atoms with Crippen LogP contribution < -0.4 is 0 Å². The molecule has 0 spiro atoms. The number of hydrogen-bond acceptors (Lipinski definition) is 3. The molecule has 0 aliphatic carbocycles. The lowest BCUT2D eigenvalue weighted by molar-refractivity contribution is 0.0858. The number of hydrogen-bond donors (Lipinski definition) is 2. The molecule has 0 amide bonds. The summed E-state index contributed by atoms with van der Waals surface area (Å²) in [5, 5.41) is 0. The first-order valence-corrected chi connectivity index (χ1v) is 8.87. The summed E-state index contributed by atoms with van der Waals surface area (Å²) in [7, 11) is 0. The highest BCUT2D eigenvalue weighted by Crippen LogP contribution is 2.31. The Morgan fingerprint density at radius 1 is 0.960 bits per heavy atom. The molecule has 1 saturated heterocycles. The summed E-state index contributed by atoms with van der Waals surface area (Å²) >= 11 is 0. The van der Waals surface area contributed by atoms with Gasteiger partial charge in [0.05, 0.1) is 34.1 Å². The number of aromatic amines is 2. The number of nitrogens with one attached hydrogen (secondary N) is 2. The average molecular weight is 332 g/mol. The van der Waals surface area contributed by atoms with Gasteiger partial charge < -0.3 is 14.7 Å². The minimum absolute atomic E-state index is 0.176. The zero-order valence-corrected chi connectivity index (χ0v) is 13.9. The molecule has 1 fully saturated rings. The average Bonchev–Trinajstić information content (AvgIpc) is 3.37. The molecule has 1 aliphatic heterocycles. The summed E-state index contributed by atoms with van der Waals surface area (Å²) < 4.78 is 6.01. The zero-order chi connectivity index (χ0) is 16.6. The van der Waals surface area contributed by atoms with E-state index in [4.69, 9.17) is 14.7 Å². The van der Waals surface area contributed by atoms with E-state index in [1.807, 2.05) is 36.4 Å². The van der Waals surface area contributed by atoms with Crippen molar-refractivity contribution in [3.63, 3.8) is 0 Å². The Balaban J connectivity index is 1.53. The van der Waals surface area contributed by atoms with Crippen LogP contribution in [0.15, 0.2) is 48.5 Å². The van der Waals surface area contributed by atoms with Crippen molar-refractivity contribution in [3.8, 4) is 0 Å². The third-order valence-corrected chi connectivity index (χ3v) is 5.02. The second-order valence-corrected chi connectivity index (χ2v) is 6.70. The fourth-order valence-corrected chi connectivity index (χ4v) is 3.78. The van der Waals surface area contributed by atoms with E-state index in [2.05, 4.69) is 22.1 Å². The molecule has 2 aromatic heterocycles. The molecule has 0 saturated carbocycles. The minimum Gasteiger partial charge on any atom is -0.377 e. The van der Waals surface area contributed by atoms with E-state index in [1.165, 1.54) is 0 Å². The van der Waals surface area contributed by atoms with E-state index in [0.717, 1.165) is 59.6 Å². The molecule has 2 aromatic carbocycles. The van der Waals surface area contributed by atoms with Gasteiger partial charge in [0, 0.05) is 13.0 Å². The van der Waals surface area contributed by atoms with Crippen LogP contribution >= 0.6 is 0 Å². The van der Waals surface area contributed by atoms with Crippen LogP contribution in [-0.4, -0.2) is 32.6 Å². The van der Waals surface area contributed by atoms with Gasteiger partial charge in [0.25, 0.3) is 0 Å². The number of ether oxygens (including phenoxy) is 1. The van der Waals surface area contributed by atoms with E-state index in [0.29, 0.717) is 0 Å². The Kier molecular flexibility index (Phi) is 3.52. The molecule has 0 bridgehead atoms. The van der Waals surface area contributed by atoms with Crippen molar-refractivity contribution < 1.29 is 4.74 Å². The predicted octanol–water partition coefficient (Wildman–Crippen LogP) is 3.94. The lowest BCUT2D eigenvalue weighted by atomic mass is 9.95. The van der Waals surface area contributed by atoms with Gasteiger partial charge in [-0.15, -0.1) is 0 Å². The molecule has 2 atom stereocenters. The van der Waals surface area contributed by atoms with Gasteiger partial charge in [-0.05, 0) is 37.1 Å². The predicted molar refractivity (Wildman–Crippen MR) is 97.6 cm³/mol. The number of fused-ring (bicyclic) bond motifs is 2. The van der Waals surface area contributed by atoms with E-state index < -0.39 is 0 Å². The number of nitrogens with zero attached hydrogens (tertiary/aromatic N) is 2.